The van der Waals surface area contributed by atoms with E-state index in [1.54, 1.807) is 11.3 Å². The van der Waals surface area contributed by atoms with Crippen LogP contribution < -0.4 is 5.32 Å². The van der Waals surface area contributed by atoms with Crippen LogP contribution in [0.25, 0.3) is 0 Å². The molecule has 0 aliphatic heterocycles. The third-order valence-electron chi connectivity index (χ3n) is 1.91. The van der Waals surface area contributed by atoms with Crippen LogP contribution in [0.15, 0.2) is 5.38 Å². The van der Waals surface area contributed by atoms with E-state index in [-0.39, 0.29) is 0 Å². The standard InChI is InChI=1S/C11H21N3S/c1-9(2)5-12-6-10-8-15-11(13-10)7-14(3)4/h8-9,12H,5-7H2,1-4H3. The first-order valence-electron chi connectivity index (χ1n) is 5.36. The van der Waals surface area contributed by atoms with E-state index >= 15 is 0 Å². The molecule has 1 heterocycles. The Balaban J connectivity index is 2.33. The minimum absolute atomic E-state index is 0.699. The van der Waals surface area contributed by atoms with Crippen LogP contribution in [0.3, 0.4) is 0 Å². The SMILES string of the molecule is CC(C)CNCc1csc(CN(C)C)n1. The van der Waals surface area contributed by atoms with Gasteiger partial charge in [-0.25, -0.2) is 4.98 Å². The van der Waals surface area contributed by atoms with E-state index < -0.39 is 0 Å². The maximum Gasteiger partial charge on any atom is 0.107 e. The molecule has 1 aromatic rings. The van der Waals surface area contributed by atoms with Crippen molar-refractivity contribution >= 4 is 11.3 Å². The molecule has 4 heteroatoms. The largest absolute Gasteiger partial charge is 0.311 e. The Morgan fingerprint density at radius 2 is 2.20 bits per heavy atom. The molecule has 0 bridgehead atoms. The molecule has 0 unspecified atom stereocenters. The number of hydrogen-bond acceptors (Lipinski definition) is 4. The second kappa shape index (κ2) is 6.20. The van der Waals surface area contributed by atoms with E-state index in [9.17, 15) is 0 Å². The highest BCUT2D eigenvalue weighted by Crippen LogP contribution is 2.10. The topological polar surface area (TPSA) is 28.2 Å². The number of thiazole rings is 1. The molecule has 0 aliphatic rings. The van der Waals surface area contributed by atoms with Gasteiger partial charge in [0.15, 0.2) is 0 Å². The van der Waals surface area contributed by atoms with Crippen molar-refractivity contribution < 1.29 is 0 Å². The fourth-order valence-electron chi connectivity index (χ4n) is 1.26. The minimum Gasteiger partial charge on any atom is -0.311 e. The molecule has 0 saturated heterocycles. The number of hydrogen-bond donors (Lipinski definition) is 1. The summed E-state index contributed by atoms with van der Waals surface area (Å²) in [6.45, 7) is 7.31. The fourth-order valence-corrected chi connectivity index (χ4v) is 2.17. The lowest BCUT2D eigenvalue weighted by Gasteiger charge is -2.06. The molecule has 15 heavy (non-hydrogen) atoms. The summed E-state index contributed by atoms with van der Waals surface area (Å²) in [5, 5.41) is 6.74. The molecule has 0 aliphatic carbocycles. The summed E-state index contributed by atoms with van der Waals surface area (Å²) in [6, 6.07) is 0. The summed E-state index contributed by atoms with van der Waals surface area (Å²) in [5.41, 5.74) is 1.16. The average molecular weight is 227 g/mol. The quantitative estimate of drug-likeness (QED) is 0.805. The summed E-state index contributed by atoms with van der Waals surface area (Å²) in [4.78, 5) is 6.70. The van der Waals surface area contributed by atoms with E-state index in [0.29, 0.717) is 5.92 Å². The van der Waals surface area contributed by atoms with Crippen molar-refractivity contribution in [2.24, 2.45) is 5.92 Å². The highest BCUT2D eigenvalue weighted by molar-refractivity contribution is 7.09. The van der Waals surface area contributed by atoms with E-state index in [2.05, 4.69) is 48.5 Å². The van der Waals surface area contributed by atoms with Gasteiger partial charge in [0.25, 0.3) is 0 Å². The van der Waals surface area contributed by atoms with Crippen LogP contribution in [0.4, 0.5) is 0 Å². The van der Waals surface area contributed by atoms with Crippen molar-refractivity contribution in [3.05, 3.63) is 16.1 Å². The molecule has 3 nitrogen and oxygen atoms in total. The van der Waals surface area contributed by atoms with Crippen LogP contribution in [0.1, 0.15) is 24.5 Å². The van der Waals surface area contributed by atoms with Crippen molar-refractivity contribution in [2.45, 2.75) is 26.9 Å². The summed E-state index contributed by atoms with van der Waals surface area (Å²) in [7, 11) is 4.14. The van der Waals surface area contributed by atoms with E-state index in [1.165, 1.54) is 5.01 Å². The van der Waals surface area contributed by atoms with Gasteiger partial charge >= 0.3 is 0 Å². The number of aromatic nitrogens is 1. The van der Waals surface area contributed by atoms with Crippen LogP contribution in [0.5, 0.6) is 0 Å². The van der Waals surface area contributed by atoms with E-state index in [0.717, 1.165) is 25.3 Å². The molecule has 0 aromatic carbocycles. The first-order valence-corrected chi connectivity index (χ1v) is 6.24. The molecule has 0 atom stereocenters. The predicted octanol–water partition coefficient (Wildman–Crippen LogP) is 1.95. The van der Waals surface area contributed by atoms with Gasteiger partial charge in [0.05, 0.1) is 5.69 Å². The molecular weight excluding hydrogens is 206 g/mol. The lowest BCUT2D eigenvalue weighted by Crippen LogP contribution is -2.19. The normalized spacial score (nSPS) is 11.6. The maximum atomic E-state index is 4.56. The Morgan fingerprint density at radius 3 is 2.80 bits per heavy atom. The highest BCUT2D eigenvalue weighted by Gasteiger charge is 2.02. The van der Waals surface area contributed by atoms with Crippen LogP contribution in [-0.4, -0.2) is 30.5 Å². The van der Waals surface area contributed by atoms with Gasteiger partial charge in [0.2, 0.25) is 0 Å². The molecule has 1 N–H and O–H groups in total. The zero-order valence-electron chi connectivity index (χ0n) is 10.1. The Labute approximate surface area is 96.5 Å². The van der Waals surface area contributed by atoms with Gasteiger partial charge in [-0.3, -0.25) is 0 Å². The molecule has 0 radical (unpaired) electrons. The average Bonchev–Trinajstić information content (AvgIpc) is 2.50. The van der Waals surface area contributed by atoms with Gasteiger partial charge in [-0.05, 0) is 26.6 Å². The summed E-state index contributed by atoms with van der Waals surface area (Å²) < 4.78 is 0. The van der Waals surface area contributed by atoms with Gasteiger partial charge in [-0.1, -0.05) is 13.8 Å². The molecular formula is C11H21N3S. The smallest absolute Gasteiger partial charge is 0.107 e. The zero-order chi connectivity index (χ0) is 11.3. The third-order valence-corrected chi connectivity index (χ3v) is 2.79. The molecule has 86 valence electrons. The van der Waals surface area contributed by atoms with Gasteiger partial charge < -0.3 is 10.2 Å². The van der Waals surface area contributed by atoms with Crippen molar-refractivity contribution in [3.8, 4) is 0 Å². The monoisotopic (exact) mass is 227 g/mol. The second-order valence-electron chi connectivity index (χ2n) is 4.50. The Kier molecular flexibility index (Phi) is 5.22. The molecule has 0 fully saturated rings. The Bertz CT molecular complexity index is 281. The van der Waals surface area contributed by atoms with Crippen LogP contribution >= 0.6 is 11.3 Å². The molecule has 0 saturated carbocycles. The van der Waals surface area contributed by atoms with Crippen LogP contribution in [0, 0.1) is 5.92 Å². The molecule has 0 amide bonds. The lowest BCUT2D eigenvalue weighted by molar-refractivity contribution is 0.401. The van der Waals surface area contributed by atoms with Crippen molar-refractivity contribution in [1.82, 2.24) is 15.2 Å². The predicted molar refractivity (Wildman–Crippen MR) is 66.0 cm³/mol. The Morgan fingerprint density at radius 1 is 1.47 bits per heavy atom. The van der Waals surface area contributed by atoms with Crippen LogP contribution in [0.2, 0.25) is 0 Å². The molecule has 0 spiro atoms. The second-order valence-corrected chi connectivity index (χ2v) is 5.44. The van der Waals surface area contributed by atoms with Crippen LogP contribution in [-0.2, 0) is 13.1 Å². The zero-order valence-corrected chi connectivity index (χ0v) is 10.9. The fraction of sp³-hybridized carbons (Fsp3) is 0.727. The first kappa shape index (κ1) is 12.6. The summed E-state index contributed by atoms with van der Waals surface area (Å²) >= 11 is 1.74. The molecule has 1 rings (SSSR count). The van der Waals surface area contributed by atoms with Gasteiger partial charge in [0.1, 0.15) is 5.01 Å². The van der Waals surface area contributed by atoms with Gasteiger partial charge in [0, 0.05) is 18.5 Å². The van der Waals surface area contributed by atoms with E-state index in [1.807, 2.05) is 0 Å². The number of nitrogens with zero attached hydrogens (tertiary/aromatic N) is 2. The van der Waals surface area contributed by atoms with Gasteiger partial charge in [-0.15, -0.1) is 11.3 Å². The van der Waals surface area contributed by atoms with Crippen molar-refractivity contribution in [2.75, 3.05) is 20.6 Å². The lowest BCUT2D eigenvalue weighted by atomic mass is 10.2. The van der Waals surface area contributed by atoms with Crippen molar-refractivity contribution in [1.29, 1.82) is 0 Å². The van der Waals surface area contributed by atoms with Crippen molar-refractivity contribution in [3.63, 3.8) is 0 Å². The minimum atomic E-state index is 0.699. The summed E-state index contributed by atoms with van der Waals surface area (Å²) in [5.74, 6) is 0.699. The Hall–Kier alpha value is -0.450. The first-order chi connectivity index (χ1) is 7.08. The highest BCUT2D eigenvalue weighted by atomic mass is 32.1. The number of nitrogens with one attached hydrogen (secondary N) is 1. The third kappa shape index (κ3) is 5.25. The van der Waals surface area contributed by atoms with E-state index in [4.69, 9.17) is 0 Å². The van der Waals surface area contributed by atoms with Gasteiger partial charge in [-0.2, -0.15) is 0 Å². The number of rotatable bonds is 6. The molecule has 1 aromatic heterocycles. The summed E-state index contributed by atoms with van der Waals surface area (Å²) in [6.07, 6.45) is 0. The maximum absolute atomic E-state index is 4.56.